The number of aromatic nitrogens is 2. The van der Waals surface area contributed by atoms with Crippen molar-refractivity contribution in [2.45, 2.75) is 25.3 Å². The topological polar surface area (TPSA) is 93.1 Å². The first-order valence-electron chi connectivity index (χ1n) is 10.5. The number of aryl methyl sites for hydroxylation is 1. The molecule has 0 saturated carbocycles. The van der Waals surface area contributed by atoms with E-state index in [-0.39, 0.29) is 22.7 Å². The monoisotopic (exact) mass is 478 g/mol. The third-order valence-electron chi connectivity index (χ3n) is 5.41. The number of halogens is 1. The number of para-hydroxylation sites is 2. The third-order valence-corrected chi connectivity index (χ3v) is 6.79. The van der Waals surface area contributed by atoms with Crippen molar-refractivity contribution in [3.63, 3.8) is 0 Å². The molecule has 0 aliphatic carbocycles. The van der Waals surface area contributed by atoms with Crippen molar-refractivity contribution in [1.82, 2.24) is 15.1 Å². The Balaban J connectivity index is 1.53. The highest BCUT2D eigenvalue weighted by molar-refractivity contribution is 7.92. The van der Waals surface area contributed by atoms with E-state index in [4.69, 9.17) is 0 Å². The molecular weight excluding hydrogens is 455 g/mol. The highest BCUT2D eigenvalue weighted by Gasteiger charge is 2.20. The zero-order chi connectivity index (χ0) is 24.3. The van der Waals surface area contributed by atoms with Gasteiger partial charge in [-0.15, -0.1) is 0 Å². The zero-order valence-corrected chi connectivity index (χ0v) is 19.4. The Morgan fingerprint density at radius 2 is 1.59 bits per heavy atom. The highest BCUT2D eigenvalue weighted by atomic mass is 32.2. The molecule has 1 amide bonds. The van der Waals surface area contributed by atoms with Gasteiger partial charge in [0.1, 0.15) is 5.82 Å². The maximum Gasteiger partial charge on any atom is 0.261 e. The summed E-state index contributed by atoms with van der Waals surface area (Å²) in [5.74, 6) is -0.983. The van der Waals surface area contributed by atoms with E-state index in [1.807, 2.05) is 48.9 Å². The van der Waals surface area contributed by atoms with Crippen LogP contribution in [-0.2, 0) is 16.6 Å². The number of anilines is 1. The summed E-state index contributed by atoms with van der Waals surface area (Å²) < 4.78 is 42.9. The van der Waals surface area contributed by atoms with Gasteiger partial charge in [0.15, 0.2) is 0 Å². The number of rotatable bonds is 7. The first-order chi connectivity index (χ1) is 16.3. The second-order valence-electron chi connectivity index (χ2n) is 7.68. The lowest BCUT2D eigenvalue weighted by Gasteiger charge is -2.13. The van der Waals surface area contributed by atoms with Gasteiger partial charge in [-0.1, -0.05) is 30.3 Å². The van der Waals surface area contributed by atoms with Crippen LogP contribution in [0.3, 0.4) is 0 Å². The van der Waals surface area contributed by atoms with Gasteiger partial charge in [-0.25, -0.2) is 17.5 Å². The average Bonchev–Trinajstić information content (AvgIpc) is 3.11. The molecule has 0 unspecified atom stereocenters. The van der Waals surface area contributed by atoms with E-state index >= 15 is 0 Å². The van der Waals surface area contributed by atoms with Crippen LogP contribution in [0.4, 0.5) is 10.1 Å². The molecular formula is C25H23FN4O3S. The Labute approximate surface area is 197 Å². The molecule has 0 radical (unpaired) electrons. The van der Waals surface area contributed by atoms with Gasteiger partial charge < -0.3 is 5.32 Å². The number of nitrogens with one attached hydrogen (secondary N) is 2. The number of carbonyl (C=O) groups excluding carboxylic acids is 1. The van der Waals surface area contributed by atoms with Crippen molar-refractivity contribution in [3.05, 3.63) is 107 Å². The number of hydrogen-bond acceptors (Lipinski definition) is 4. The van der Waals surface area contributed by atoms with Gasteiger partial charge in [0.25, 0.3) is 15.9 Å². The lowest BCUT2D eigenvalue weighted by molar-refractivity contribution is 0.0951. The predicted molar refractivity (Wildman–Crippen MR) is 128 cm³/mol. The third kappa shape index (κ3) is 4.84. The van der Waals surface area contributed by atoms with Crippen LogP contribution in [0.15, 0.2) is 83.8 Å². The normalized spacial score (nSPS) is 11.3. The summed E-state index contributed by atoms with van der Waals surface area (Å²) in [6.45, 7) is 4.03. The highest BCUT2D eigenvalue weighted by Crippen LogP contribution is 2.22. The number of amides is 1. The summed E-state index contributed by atoms with van der Waals surface area (Å²) in [7, 11) is -4.00. The number of nitrogens with zero attached hydrogens (tertiary/aromatic N) is 2. The molecule has 0 spiro atoms. The summed E-state index contributed by atoms with van der Waals surface area (Å²) in [5.41, 5.74) is 3.76. The van der Waals surface area contributed by atoms with E-state index in [0.717, 1.165) is 46.9 Å². The smallest absolute Gasteiger partial charge is 0.261 e. The summed E-state index contributed by atoms with van der Waals surface area (Å²) in [6.07, 6.45) is 0. The number of benzene rings is 3. The minimum absolute atomic E-state index is 0.108. The lowest BCUT2D eigenvalue weighted by Crippen LogP contribution is -2.25. The fourth-order valence-electron chi connectivity index (χ4n) is 3.60. The Bertz CT molecular complexity index is 1430. The number of carbonyl (C=O) groups is 1. The Kier molecular flexibility index (Phi) is 6.47. The van der Waals surface area contributed by atoms with Crippen LogP contribution in [-0.4, -0.2) is 24.1 Å². The molecule has 0 saturated heterocycles. The Morgan fingerprint density at radius 1 is 0.941 bits per heavy atom. The molecule has 9 heteroatoms. The summed E-state index contributed by atoms with van der Waals surface area (Å²) in [6, 6.07) is 20.4. The molecule has 4 rings (SSSR count). The minimum Gasteiger partial charge on any atom is -0.348 e. The molecule has 7 nitrogen and oxygen atoms in total. The van der Waals surface area contributed by atoms with Gasteiger partial charge in [0.2, 0.25) is 0 Å². The Morgan fingerprint density at radius 3 is 2.29 bits per heavy atom. The van der Waals surface area contributed by atoms with Crippen LogP contribution in [0.25, 0.3) is 5.69 Å². The molecule has 2 N–H and O–H groups in total. The quantitative estimate of drug-likeness (QED) is 0.413. The standard InChI is InChI=1S/C25H23FN4O3S/c1-17-23(18(2)30(28-17)20-8-4-3-5-9-20)16-27-25(31)22-10-6-7-11-24(22)29-34(32,33)21-14-12-19(26)13-15-21/h3-15,29H,16H2,1-2H3,(H,27,31). The van der Waals surface area contributed by atoms with E-state index in [1.54, 1.807) is 12.1 Å². The van der Waals surface area contributed by atoms with Gasteiger partial charge in [-0.05, 0) is 62.4 Å². The molecule has 0 fully saturated rings. The van der Waals surface area contributed by atoms with Crippen LogP contribution in [0, 0.1) is 19.7 Å². The number of hydrogen-bond donors (Lipinski definition) is 2. The first-order valence-corrected chi connectivity index (χ1v) is 12.0. The van der Waals surface area contributed by atoms with E-state index in [1.165, 1.54) is 12.1 Å². The Hall–Kier alpha value is -3.98. The van der Waals surface area contributed by atoms with Gasteiger partial charge in [0.05, 0.1) is 27.5 Å². The second-order valence-corrected chi connectivity index (χ2v) is 9.37. The van der Waals surface area contributed by atoms with Crippen molar-refractivity contribution in [3.8, 4) is 5.69 Å². The maximum absolute atomic E-state index is 13.2. The van der Waals surface area contributed by atoms with Gasteiger partial charge in [-0.3, -0.25) is 9.52 Å². The molecule has 0 bridgehead atoms. The molecule has 174 valence electrons. The molecule has 34 heavy (non-hydrogen) atoms. The van der Waals surface area contributed by atoms with Crippen LogP contribution in [0.5, 0.6) is 0 Å². The zero-order valence-electron chi connectivity index (χ0n) is 18.6. The molecule has 0 atom stereocenters. The molecule has 1 heterocycles. The van der Waals surface area contributed by atoms with Gasteiger partial charge in [-0.2, -0.15) is 5.10 Å². The fraction of sp³-hybridized carbons (Fsp3) is 0.120. The van der Waals surface area contributed by atoms with E-state index in [0.29, 0.717) is 0 Å². The molecule has 0 aliphatic rings. The van der Waals surface area contributed by atoms with Gasteiger partial charge >= 0.3 is 0 Å². The first kappa shape index (κ1) is 23.2. The predicted octanol–water partition coefficient (Wildman–Crippen LogP) is 4.36. The molecule has 1 aromatic heterocycles. The second kappa shape index (κ2) is 9.48. The van der Waals surface area contributed by atoms with E-state index in [9.17, 15) is 17.6 Å². The summed E-state index contributed by atoms with van der Waals surface area (Å²) >= 11 is 0. The van der Waals surface area contributed by atoms with Crippen molar-refractivity contribution < 1.29 is 17.6 Å². The fourth-order valence-corrected chi connectivity index (χ4v) is 4.68. The molecule has 4 aromatic rings. The van der Waals surface area contributed by atoms with Crippen LogP contribution < -0.4 is 10.0 Å². The minimum atomic E-state index is -4.00. The van der Waals surface area contributed by atoms with Crippen molar-refractivity contribution in [2.75, 3.05) is 4.72 Å². The largest absolute Gasteiger partial charge is 0.348 e. The van der Waals surface area contributed by atoms with Crippen LogP contribution >= 0.6 is 0 Å². The van der Waals surface area contributed by atoms with Crippen LogP contribution in [0.2, 0.25) is 0 Å². The molecule has 3 aromatic carbocycles. The maximum atomic E-state index is 13.2. The summed E-state index contributed by atoms with van der Waals surface area (Å²) in [5, 5.41) is 7.44. The lowest BCUT2D eigenvalue weighted by atomic mass is 10.1. The van der Waals surface area contributed by atoms with E-state index in [2.05, 4.69) is 15.1 Å². The van der Waals surface area contributed by atoms with Crippen molar-refractivity contribution >= 4 is 21.6 Å². The van der Waals surface area contributed by atoms with Crippen molar-refractivity contribution in [2.24, 2.45) is 0 Å². The average molecular weight is 479 g/mol. The summed E-state index contributed by atoms with van der Waals surface area (Å²) in [4.78, 5) is 12.9. The van der Waals surface area contributed by atoms with E-state index < -0.39 is 21.7 Å². The van der Waals surface area contributed by atoms with Crippen LogP contribution in [0.1, 0.15) is 27.3 Å². The SMILES string of the molecule is Cc1nn(-c2ccccc2)c(C)c1CNC(=O)c1ccccc1NS(=O)(=O)c1ccc(F)cc1. The van der Waals surface area contributed by atoms with Crippen molar-refractivity contribution in [1.29, 1.82) is 0 Å². The van der Waals surface area contributed by atoms with Gasteiger partial charge in [0, 0.05) is 17.8 Å². The molecule has 0 aliphatic heterocycles. The number of sulfonamides is 1.